The number of nitrogens with one attached hydrogen (secondary N) is 1. The summed E-state index contributed by atoms with van der Waals surface area (Å²) in [6.45, 7) is 1.73. The van der Waals surface area contributed by atoms with Crippen LogP contribution in [0, 0.1) is 24.1 Å². The van der Waals surface area contributed by atoms with Crippen LogP contribution in [0.4, 0.5) is 4.39 Å². The molecule has 0 aliphatic rings. The molecule has 0 atom stereocenters. The zero-order valence-electron chi connectivity index (χ0n) is 11.4. The minimum Gasteiger partial charge on any atom is -0.508 e. The highest BCUT2D eigenvalue weighted by Crippen LogP contribution is 2.16. The Hall–Kier alpha value is -2.87. The second-order valence-electron chi connectivity index (χ2n) is 4.60. The zero-order chi connectivity index (χ0) is 15.4. The van der Waals surface area contributed by atoms with Crippen LogP contribution in [-0.2, 0) is 6.54 Å². The van der Waals surface area contributed by atoms with Gasteiger partial charge in [0.05, 0.1) is 11.6 Å². The van der Waals surface area contributed by atoms with Gasteiger partial charge in [0.15, 0.2) is 0 Å². The molecule has 0 aliphatic heterocycles. The van der Waals surface area contributed by atoms with E-state index in [4.69, 9.17) is 5.26 Å². The lowest BCUT2D eigenvalue weighted by Crippen LogP contribution is -2.24. The summed E-state index contributed by atoms with van der Waals surface area (Å²) in [6.07, 6.45) is 0. The molecule has 0 fully saturated rings. The lowest BCUT2D eigenvalue weighted by molar-refractivity contribution is 0.0950. The van der Waals surface area contributed by atoms with Crippen molar-refractivity contribution in [3.63, 3.8) is 0 Å². The fourth-order valence-corrected chi connectivity index (χ4v) is 1.93. The van der Waals surface area contributed by atoms with Crippen molar-refractivity contribution in [2.24, 2.45) is 0 Å². The molecule has 0 aromatic heterocycles. The molecule has 21 heavy (non-hydrogen) atoms. The Labute approximate surface area is 121 Å². The van der Waals surface area contributed by atoms with Crippen LogP contribution in [0.1, 0.15) is 27.0 Å². The molecule has 0 saturated heterocycles. The van der Waals surface area contributed by atoms with Crippen molar-refractivity contribution < 1.29 is 14.3 Å². The standard InChI is InChI=1S/C16H13FN2O2/c1-10-6-13(20)4-5-14(10)16(21)19-9-12-3-2-11(8-18)7-15(12)17/h2-7,20H,9H2,1H3,(H,19,21). The van der Waals surface area contributed by atoms with Crippen LogP contribution in [0.25, 0.3) is 0 Å². The van der Waals surface area contributed by atoms with Crippen LogP contribution >= 0.6 is 0 Å². The molecule has 2 N–H and O–H groups in total. The Balaban J connectivity index is 2.09. The maximum atomic E-state index is 13.7. The van der Waals surface area contributed by atoms with Crippen molar-refractivity contribution in [3.05, 3.63) is 64.5 Å². The largest absolute Gasteiger partial charge is 0.508 e. The molecule has 0 spiro atoms. The number of rotatable bonds is 3. The highest BCUT2D eigenvalue weighted by Gasteiger charge is 2.10. The quantitative estimate of drug-likeness (QED) is 0.910. The summed E-state index contributed by atoms with van der Waals surface area (Å²) in [6, 6.07) is 10.4. The van der Waals surface area contributed by atoms with Gasteiger partial charge in [0.2, 0.25) is 0 Å². The van der Waals surface area contributed by atoms with Crippen molar-refractivity contribution in [2.45, 2.75) is 13.5 Å². The van der Waals surface area contributed by atoms with Gasteiger partial charge < -0.3 is 10.4 Å². The number of phenols is 1. The van der Waals surface area contributed by atoms with E-state index < -0.39 is 5.82 Å². The molecule has 4 nitrogen and oxygen atoms in total. The molecule has 5 heteroatoms. The molecular weight excluding hydrogens is 271 g/mol. The summed E-state index contributed by atoms with van der Waals surface area (Å²) in [5.41, 5.74) is 1.59. The van der Waals surface area contributed by atoms with E-state index in [9.17, 15) is 14.3 Å². The molecule has 2 rings (SSSR count). The van der Waals surface area contributed by atoms with E-state index in [1.807, 2.05) is 6.07 Å². The summed E-state index contributed by atoms with van der Waals surface area (Å²) < 4.78 is 13.7. The topological polar surface area (TPSA) is 73.1 Å². The van der Waals surface area contributed by atoms with E-state index in [-0.39, 0.29) is 23.8 Å². The van der Waals surface area contributed by atoms with E-state index in [1.165, 1.54) is 30.3 Å². The maximum absolute atomic E-state index is 13.7. The Morgan fingerprint density at radius 2 is 2.10 bits per heavy atom. The van der Waals surface area contributed by atoms with Crippen LogP contribution in [0.15, 0.2) is 36.4 Å². The number of carbonyl (C=O) groups excluding carboxylic acids is 1. The fourth-order valence-electron chi connectivity index (χ4n) is 1.93. The minimum absolute atomic E-state index is 0.0245. The molecule has 0 saturated carbocycles. The van der Waals surface area contributed by atoms with Gasteiger partial charge in [0.25, 0.3) is 5.91 Å². The number of nitriles is 1. The smallest absolute Gasteiger partial charge is 0.251 e. The molecule has 0 radical (unpaired) electrons. The van der Waals surface area contributed by atoms with Crippen molar-refractivity contribution in [2.75, 3.05) is 0 Å². The third-order valence-electron chi connectivity index (χ3n) is 3.08. The van der Waals surface area contributed by atoms with Crippen LogP contribution in [-0.4, -0.2) is 11.0 Å². The van der Waals surface area contributed by atoms with Crippen LogP contribution in [0.5, 0.6) is 5.75 Å². The predicted molar refractivity (Wildman–Crippen MR) is 75.1 cm³/mol. The number of halogens is 1. The third-order valence-corrected chi connectivity index (χ3v) is 3.08. The number of aromatic hydroxyl groups is 1. The molecule has 0 bridgehead atoms. The van der Waals surface area contributed by atoms with Crippen molar-refractivity contribution in [3.8, 4) is 11.8 Å². The highest BCUT2D eigenvalue weighted by atomic mass is 19.1. The number of aryl methyl sites for hydroxylation is 1. The molecular formula is C16H13FN2O2. The number of amides is 1. The van der Waals surface area contributed by atoms with Gasteiger partial charge in [0.1, 0.15) is 11.6 Å². The average molecular weight is 284 g/mol. The molecule has 2 aromatic rings. The summed E-state index contributed by atoms with van der Waals surface area (Å²) in [4.78, 5) is 12.0. The van der Waals surface area contributed by atoms with E-state index >= 15 is 0 Å². The first kappa shape index (κ1) is 14.5. The van der Waals surface area contributed by atoms with E-state index in [1.54, 1.807) is 6.92 Å². The normalized spacial score (nSPS) is 9.95. The van der Waals surface area contributed by atoms with Gasteiger partial charge in [-0.25, -0.2) is 4.39 Å². The number of phenolic OH excluding ortho intramolecular Hbond substituents is 1. The third kappa shape index (κ3) is 3.37. The zero-order valence-corrected chi connectivity index (χ0v) is 11.4. The van der Waals surface area contributed by atoms with Gasteiger partial charge in [-0.05, 0) is 42.8 Å². The molecule has 0 aliphatic carbocycles. The van der Waals surface area contributed by atoms with E-state index in [2.05, 4.69) is 5.32 Å². The molecule has 1 amide bonds. The summed E-state index contributed by atoms with van der Waals surface area (Å²) in [7, 11) is 0. The van der Waals surface area contributed by atoms with Gasteiger partial charge >= 0.3 is 0 Å². The predicted octanol–water partition coefficient (Wildman–Crippen LogP) is 2.64. The average Bonchev–Trinajstić information content (AvgIpc) is 2.45. The lowest BCUT2D eigenvalue weighted by Gasteiger charge is -2.09. The van der Waals surface area contributed by atoms with Crippen LogP contribution in [0.2, 0.25) is 0 Å². The van der Waals surface area contributed by atoms with Gasteiger partial charge in [-0.15, -0.1) is 0 Å². The maximum Gasteiger partial charge on any atom is 0.251 e. The summed E-state index contributed by atoms with van der Waals surface area (Å²) in [5, 5.41) is 20.6. The number of carbonyl (C=O) groups is 1. The molecule has 2 aromatic carbocycles. The van der Waals surface area contributed by atoms with E-state index in [0.717, 1.165) is 6.07 Å². The molecule has 0 unspecified atom stereocenters. The molecule has 0 heterocycles. The SMILES string of the molecule is Cc1cc(O)ccc1C(=O)NCc1ccc(C#N)cc1F. The van der Waals surface area contributed by atoms with Crippen molar-refractivity contribution >= 4 is 5.91 Å². The van der Waals surface area contributed by atoms with Crippen LogP contribution < -0.4 is 5.32 Å². The number of hydrogen-bond acceptors (Lipinski definition) is 3. The second kappa shape index (κ2) is 6.06. The lowest BCUT2D eigenvalue weighted by atomic mass is 10.1. The summed E-state index contributed by atoms with van der Waals surface area (Å²) in [5.74, 6) is -0.796. The summed E-state index contributed by atoms with van der Waals surface area (Å²) >= 11 is 0. The number of benzene rings is 2. The Morgan fingerprint density at radius 3 is 2.71 bits per heavy atom. The van der Waals surface area contributed by atoms with Gasteiger partial charge in [-0.2, -0.15) is 5.26 Å². The Kier molecular flexibility index (Phi) is 4.19. The first-order chi connectivity index (χ1) is 10.0. The first-order valence-corrected chi connectivity index (χ1v) is 6.27. The van der Waals surface area contributed by atoms with Crippen molar-refractivity contribution in [1.82, 2.24) is 5.32 Å². The van der Waals surface area contributed by atoms with Crippen molar-refractivity contribution in [1.29, 1.82) is 5.26 Å². The molecule has 106 valence electrons. The highest BCUT2D eigenvalue weighted by molar-refractivity contribution is 5.95. The minimum atomic E-state index is -0.531. The number of nitrogens with zero attached hydrogens (tertiary/aromatic N) is 1. The van der Waals surface area contributed by atoms with E-state index in [0.29, 0.717) is 16.7 Å². The first-order valence-electron chi connectivity index (χ1n) is 6.27. The second-order valence-corrected chi connectivity index (χ2v) is 4.60. The van der Waals surface area contributed by atoms with Crippen LogP contribution in [0.3, 0.4) is 0 Å². The Bertz CT molecular complexity index is 736. The Morgan fingerprint density at radius 1 is 1.33 bits per heavy atom. The number of hydrogen-bond donors (Lipinski definition) is 2. The van der Waals surface area contributed by atoms with Gasteiger partial charge in [0, 0.05) is 17.7 Å². The van der Waals surface area contributed by atoms with Gasteiger partial charge in [-0.1, -0.05) is 6.07 Å². The van der Waals surface area contributed by atoms with Gasteiger partial charge in [-0.3, -0.25) is 4.79 Å². The fraction of sp³-hybridized carbons (Fsp3) is 0.125. The monoisotopic (exact) mass is 284 g/mol.